The number of hydrogen-bond acceptors (Lipinski definition) is 2. The van der Waals surface area contributed by atoms with E-state index >= 15 is 0 Å². The molecule has 1 aliphatic carbocycles. The second kappa shape index (κ2) is 7.96. The third kappa shape index (κ3) is 3.48. The third-order valence-electron chi connectivity index (χ3n) is 6.78. The highest BCUT2D eigenvalue weighted by Crippen LogP contribution is 2.49. The number of hydrogen-bond donors (Lipinski definition) is 2. The first kappa shape index (κ1) is 19.4. The summed E-state index contributed by atoms with van der Waals surface area (Å²) in [7, 11) is 0. The highest BCUT2D eigenvalue weighted by Gasteiger charge is 2.38. The number of aromatic hydroxyl groups is 1. The summed E-state index contributed by atoms with van der Waals surface area (Å²) >= 11 is 0. The Morgan fingerprint density at radius 3 is 1.74 bits per heavy atom. The maximum Gasteiger partial charge on any atom is 0.123 e. The molecule has 0 aliphatic heterocycles. The lowest BCUT2D eigenvalue weighted by Crippen LogP contribution is -2.24. The second-order valence-electron chi connectivity index (χ2n) is 8.56. The van der Waals surface area contributed by atoms with E-state index in [2.05, 4.69) is 66.7 Å². The Hall–Kier alpha value is -3.52. The molecular weight excluding hydrogens is 378 g/mol. The lowest BCUT2D eigenvalue weighted by atomic mass is 9.72. The SMILES string of the molecule is Nc1ccc(C2(c3ccc(O)c(-c4ccccc4)c3)CCCC2)cc1-c1ccccc1. The number of phenolic OH excluding ortho intramolecular Hbond substituents is 1. The van der Waals surface area contributed by atoms with Crippen molar-refractivity contribution in [1.82, 2.24) is 0 Å². The van der Waals surface area contributed by atoms with Crippen LogP contribution in [-0.4, -0.2) is 5.11 Å². The molecule has 0 amide bonds. The van der Waals surface area contributed by atoms with E-state index in [0.29, 0.717) is 5.75 Å². The molecular formula is C29H27NO. The van der Waals surface area contributed by atoms with Crippen LogP contribution in [0.3, 0.4) is 0 Å². The molecule has 154 valence electrons. The Morgan fingerprint density at radius 2 is 1.13 bits per heavy atom. The van der Waals surface area contributed by atoms with Crippen molar-refractivity contribution in [2.45, 2.75) is 31.1 Å². The smallest absolute Gasteiger partial charge is 0.123 e. The summed E-state index contributed by atoms with van der Waals surface area (Å²) in [5.74, 6) is 0.324. The van der Waals surface area contributed by atoms with E-state index in [1.807, 2.05) is 30.3 Å². The first-order valence-electron chi connectivity index (χ1n) is 11.0. The predicted molar refractivity (Wildman–Crippen MR) is 129 cm³/mol. The Labute approximate surface area is 184 Å². The maximum atomic E-state index is 10.6. The monoisotopic (exact) mass is 405 g/mol. The van der Waals surface area contributed by atoms with Gasteiger partial charge in [-0.05, 0) is 59.4 Å². The van der Waals surface area contributed by atoms with Gasteiger partial charge in [0.2, 0.25) is 0 Å². The van der Waals surface area contributed by atoms with Crippen molar-refractivity contribution in [1.29, 1.82) is 0 Å². The van der Waals surface area contributed by atoms with Gasteiger partial charge < -0.3 is 10.8 Å². The van der Waals surface area contributed by atoms with Gasteiger partial charge in [-0.15, -0.1) is 0 Å². The fourth-order valence-electron chi connectivity index (χ4n) is 5.13. The van der Waals surface area contributed by atoms with E-state index in [4.69, 9.17) is 5.73 Å². The van der Waals surface area contributed by atoms with Crippen LogP contribution in [0.15, 0.2) is 97.1 Å². The highest BCUT2D eigenvalue weighted by molar-refractivity contribution is 5.78. The molecule has 31 heavy (non-hydrogen) atoms. The molecule has 0 radical (unpaired) electrons. The number of nitrogen functional groups attached to an aromatic ring is 1. The minimum absolute atomic E-state index is 0.0611. The molecule has 1 aliphatic rings. The summed E-state index contributed by atoms with van der Waals surface area (Å²) in [4.78, 5) is 0. The summed E-state index contributed by atoms with van der Waals surface area (Å²) in [6, 6.07) is 33.2. The number of benzene rings is 4. The first-order chi connectivity index (χ1) is 15.2. The minimum Gasteiger partial charge on any atom is -0.507 e. The lowest BCUT2D eigenvalue weighted by molar-refractivity contribution is 0.475. The molecule has 2 nitrogen and oxygen atoms in total. The molecule has 3 N–H and O–H groups in total. The fraction of sp³-hybridized carbons (Fsp3) is 0.172. The van der Waals surface area contributed by atoms with Crippen LogP contribution >= 0.6 is 0 Å². The van der Waals surface area contributed by atoms with E-state index in [-0.39, 0.29) is 5.41 Å². The topological polar surface area (TPSA) is 46.2 Å². The molecule has 0 atom stereocenters. The molecule has 4 aromatic carbocycles. The summed E-state index contributed by atoms with van der Waals surface area (Å²) in [6.45, 7) is 0. The van der Waals surface area contributed by atoms with Crippen LogP contribution in [0.2, 0.25) is 0 Å². The van der Waals surface area contributed by atoms with Crippen molar-refractivity contribution in [3.63, 3.8) is 0 Å². The predicted octanol–water partition coefficient (Wildman–Crippen LogP) is 7.17. The van der Waals surface area contributed by atoms with Gasteiger partial charge in [0, 0.05) is 22.2 Å². The molecule has 1 fully saturated rings. The van der Waals surface area contributed by atoms with Crippen LogP contribution < -0.4 is 5.73 Å². The van der Waals surface area contributed by atoms with E-state index in [0.717, 1.165) is 40.8 Å². The molecule has 0 unspecified atom stereocenters. The number of phenols is 1. The van der Waals surface area contributed by atoms with Crippen molar-refractivity contribution >= 4 is 5.69 Å². The standard InChI is InChI=1S/C29H27NO/c30-27-15-13-23(19-25(27)21-9-3-1-4-10-21)29(17-7-8-18-29)24-14-16-28(31)26(20-24)22-11-5-2-6-12-22/h1-6,9-16,19-20,31H,7-8,17-18,30H2. The Kier molecular flexibility index (Phi) is 4.99. The van der Waals surface area contributed by atoms with Gasteiger partial charge in [-0.2, -0.15) is 0 Å². The highest BCUT2D eigenvalue weighted by atomic mass is 16.3. The molecule has 4 aromatic rings. The van der Waals surface area contributed by atoms with Crippen molar-refractivity contribution < 1.29 is 5.11 Å². The first-order valence-corrected chi connectivity index (χ1v) is 11.0. The van der Waals surface area contributed by atoms with Gasteiger partial charge in [0.15, 0.2) is 0 Å². The molecule has 0 aromatic heterocycles. The maximum absolute atomic E-state index is 10.6. The van der Waals surface area contributed by atoms with Gasteiger partial charge in [-0.3, -0.25) is 0 Å². The van der Waals surface area contributed by atoms with Gasteiger partial charge in [0.05, 0.1) is 0 Å². The molecule has 1 saturated carbocycles. The third-order valence-corrected chi connectivity index (χ3v) is 6.78. The van der Waals surface area contributed by atoms with Gasteiger partial charge in [0.25, 0.3) is 0 Å². The van der Waals surface area contributed by atoms with Crippen LogP contribution in [0.25, 0.3) is 22.3 Å². The Balaban J connectivity index is 1.66. The van der Waals surface area contributed by atoms with Crippen molar-refractivity contribution in [3.8, 4) is 28.0 Å². The van der Waals surface area contributed by atoms with Crippen LogP contribution in [0.5, 0.6) is 5.75 Å². The van der Waals surface area contributed by atoms with Crippen molar-refractivity contribution in [2.24, 2.45) is 0 Å². The minimum atomic E-state index is -0.0611. The van der Waals surface area contributed by atoms with E-state index in [9.17, 15) is 5.11 Å². The summed E-state index contributed by atoms with van der Waals surface area (Å²) in [5, 5.41) is 10.6. The number of nitrogens with two attached hydrogens (primary N) is 1. The van der Waals surface area contributed by atoms with E-state index in [1.54, 1.807) is 0 Å². The van der Waals surface area contributed by atoms with Gasteiger partial charge in [-0.1, -0.05) is 85.6 Å². The van der Waals surface area contributed by atoms with Gasteiger partial charge >= 0.3 is 0 Å². The summed E-state index contributed by atoms with van der Waals surface area (Å²) < 4.78 is 0. The Morgan fingerprint density at radius 1 is 0.613 bits per heavy atom. The molecule has 0 bridgehead atoms. The van der Waals surface area contributed by atoms with Gasteiger partial charge in [-0.25, -0.2) is 0 Å². The van der Waals surface area contributed by atoms with Gasteiger partial charge in [0.1, 0.15) is 5.75 Å². The van der Waals surface area contributed by atoms with Crippen LogP contribution in [0, 0.1) is 0 Å². The largest absolute Gasteiger partial charge is 0.507 e. The molecule has 5 rings (SSSR count). The molecule has 0 heterocycles. The molecule has 0 saturated heterocycles. The Bertz CT molecular complexity index is 1100. The molecule has 2 heteroatoms. The van der Waals surface area contributed by atoms with Crippen LogP contribution in [0.1, 0.15) is 36.8 Å². The van der Waals surface area contributed by atoms with Crippen LogP contribution in [-0.2, 0) is 5.41 Å². The summed E-state index contributed by atoms with van der Waals surface area (Å²) in [6.07, 6.45) is 4.60. The zero-order valence-corrected chi connectivity index (χ0v) is 17.6. The summed E-state index contributed by atoms with van der Waals surface area (Å²) in [5.41, 5.74) is 13.9. The van der Waals surface area contributed by atoms with Crippen LogP contribution in [0.4, 0.5) is 5.69 Å². The lowest BCUT2D eigenvalue weighted by Gasteiger charge is -2.32. The van der Waals surface area contributed by atoms with Crippen molar-refractivity contribution in [3.05, 3.63) is 108 Å². The zero-order valence-electron chi connectivity index (χ0n) is 17.6. The number of anilines is 1. The molecule has 0 spiro atoms. The second-order valence-corrected chi connectivity index (χ2v) is 8.56. The number of rotatable bonds is 4. The van der Waals surface area contributed by atoms with E-state index < -0.39 is 0 Å². The quantitative estimate of drug-likeness (QED) is 0.354. The average Bonchev–Trinajstić information content (AvgIpc) is 3.32. The normalized spacial score (nSPS) is 15.1. The van der Waals surface area contributed by atoms with Crippen molar-refractivity contribution in [2.75, 3.05) is 5.73 Å². The average molecular weight is 406 g/mol. The fourth-order valence-corrected chi connectivity index (χ4v) is 5.13. The zero-order chi connectivity index (χ0) is 21.3. The van der Waals surface area contributed by atoms with E-state index in [1.165, 1.54) is 24.0 Å².